The quantitative estimate of drug-likeness (QED) is 0.645. The average molecular weight is 183 g/mol. The van der Waals surface area contributed by atoms with E-state index in [9.17, 15) is 9.59 Å². The minimum Gasteiger partial charge on any atom is -0.343 e. The van der Waals surface area contributed by atoms with Gasteiger partial charge in [0.05, 0.1) is 0 Å². The molecule has 0 aromatic carbocycles. The third-order valence-electron chi connectivity index (χ3n) is 2.45. The molecule has 13 heavy (non-hydrogen) atoms. The van der Waals surface area contributed by atoms with Crippen molar-refractivity contribution in [3.05, 3.63) is 0 Å². The minimum atomic E-state index is 0.254. The summed E-state index contributed by atoms with van der Waals surface area (Å²) in [7, 11) is 0. The lowest BCUT2D eigenvalue weighted by Crippen LogP contribution is -2.25. The maximum Gasteiger partial charge on any atom is 0.222 e. The Balaban J connectivity index is 2.12. The Hall–Kier alpha value is -0.860. The molecule has 0 bridgehead atoms. The van der Waals surface area contributed by atoms with Gasteiger partial charge < -0.3 is 4.90 Å². The van der Waals surface area contributed by atoms with Crippen LogP contribution in [-0.2, 0) is 9.59 Å². The molecule has 1 saturated heterocycles. The highest BCUT2D eigenvalue weighted by Gasteiger charge is 2.19. The van der Waals surface area contributed by atoms with Gasteiger partial charge in [0.2, 0.25) is 5.91 Å². The van der Waals surface area contributed by atoms with Gasteiger partial charge in [-0.3, -0.25) is 9.59 Å². The second-order valence-electron chi connectivity index (χ2n) is 3.48. The second-order valence-corrected chi connectivity index (χ2v) is 3.48. The Labute approximate surface area is 79.1 Å². The van der Waals surface area contributed by atoms with Crippen LogP contribution in [0.15, 0.2) is 0 Å². The number of ketones is 1. The van der Waals surface area contributed by atoms with Crippen molar-refractivity contribution in [3.8, 4) is 0 Å². The number of carbonyl (C=O) groups is 2. The fourth-order valence-corrected chi connectivity index (χ4v) is 1.58. The van der Waals surface area contributed by atoms with Gasteiger partial charge >= 0.3 is 0 Å². The van der Waals surface area contributed by atoms with Crippen LogP contribution in [0.2, 0.25) is 0 Å². The van der Waals surface area contributed by atoms with Crippen molar-refractivity contribution in [3.63, 3.8) is 0 Å². The van der Waals surface area contributed by atoms with E-state index < -0.39 is 0 Å². The molecule has 74 valence electrons. The van der Waals surface area contributed by atoms with E-state index in [-0.39, 0.29) is 5.91 Å². The first-order valence-corrected chi connectivity index (χ1v) is 5.03. The average Bonchev–Trinajstić information content (AvgIpc) is 2.52. The zero-order chi connectivity index (χ0) is 9.68. The largest absolute Gasteiger partial charge is 0.343 e. The number of hydrogen-bond donors (Lipinski definition) is 0. The summed E-state index contributed by atoms with van der Waals surface area (Å²) in [6.07, 6.45) is 3.76. The summed E-state index contributed by atoms with van der Waals surface area (Å²) in [5.41, 5.74) is 0. The summed E-state index contributed by atoms with van der Waals surface area (Å²) in [5, 5.41) is 0. The molecular formula is C10H17NO2. The topological polar surface area (TPSA) is 37.4 Å². The molecule has 0 aromatic rings. The summed E-state index contributed by atoms with van der Waals surface area (Å²) in [4.78, 5) is 24.0. The van der Waals surface area contributed by atoms with E-state index in [0.717, 1.165) is 25.9 Å². The molecule has 0 unspecified atom stereocenters. The van der Waals surface area contributed by atoms with E-state index in [0.29, 0.717) is 25.0 Å². The van der Waals surface area contributed by atoms with Gasteiger partial charge in [0.25, 0.3) is 0 Å². The van der Waals surface area contributed by atoms with Crippen LogP contribution in [0, 0.1) is 0 Å². The van der Waals surface area contributed by atoms with Gasteiger partial charge in [-0.2, -0.15) is 0 Å². The van der Waals surface area contributed by atoms with Crippen LogP contribution in [0.25, 0.3) is 0 Å². The first-order valence-electron chi connectivity index (χ1n) is 5.03. The highest BCUT2D eigenvalue weighted by atomic mass is 16.2. The molecule has 1 fully saturated rings. The molecule has 0 saturated carbocycles. The molecule has 0 aliphatic carbocycles. The molecule has 1 rings (SSSR count). The lowest BCUT2D eigenvalue weighted by Gasteiger charge is -2.14. The van der Waals surface area contributed by atoms with Crippen molar-refractivity contribution in [1.82, 2.24) is 4.90 Å². The van der Waals surface area contributed by atoms with E-state index in [4.69, 9.17) is 0 Å². The van der Waals surface area contributed by atoms with Crippen molar-refractivity contribution in [2.45, 2.75) is 39.0 Å². The summed E-state index contributed by atoms with van der Waals surface area (Å²) in [6, 6.07) is 0. The van der Waals surface area contributed by atoms with Crippen LogP contribution in [0.4, 0.5) is 0 Å². The van der Waals surface area contributed by atoms with Crippen molar-refractivity contribution >= 4 is 11.7 Å². The third-order valence-corrected chi connectivity index (χ3v) is 2.45. The van der Waals surface area contributed by atoms with Crippen molar-refractivity contribution in [1.29, 1.82) is 0 Å². The monoisotopic (exact) mass is 183 g/mol. The van der Waals surface area contributed by atoms with E-state index in [1.165, 1.54) is 0 Å². The Bertz CT molecular complexity index is 201. The van der Waals surface area contributed by atoms with E-state index in [1.54, 1.807) is 0 Å². The molecule has 0 N–H and O–H groups in total. The highest BCUT2D eigenvalue weighted by molar-refractivity contribution is 5.79. The Morgan fingerprint density at radius 3 is 2.85 bits per heavy atom. The molecule has 1 heterocycles. The first kappa shape index (κ1) is 10.2. The van der Waals surface area contributed by atoms with Gasteiger partial charge in [-0.1, -0.05) is 6.92 Å². The fourth-order valence-electron chi connectivity index (χ4n) is 1.58. The van der Waals surface area contributed by atoms with Crippen LogP contribution in [0.1, 0.15) is 39.0 Å². The number of nitrogens with zero attached hydrogens (tertiary/aromatic N) is 1. The van der Waals surface area contributed by atoms with Crippen molar-refractivity contribution in [2.24, 2.45) is 0 Å². The van der Waals surface area contributed by atoms with Crippen LogP contribution in [-0.4, -0.2) is 29.7 Å². The predicted octanol–water partition coefficient (Wildman–Crippen LogP) is 1.37. The second kappa shape index (κ2) is 5.00. The maximum atomic E-state index is 11.2. The summed E-state index contributed by atoms with van der Waals surface area (Å²) in [6.45, 7) is 3.53. The van der Waals surface area contributed by atoms with Gasteiger partial charge in [0, 0.05) is 32.4 Å². The van der Waals surface area contributed by atoms with Crippen LogP contribution in [0.3, 0.4) is 0 Å². The maximum absolute atomic E-state index is 11.2. The Morgan fingerprint density at radius 2 is 2.31 bits per heavy atom. The summed E-state index contributed by atoms with van der Waals surface area (Å²) in [5.74, 6) is 0.551. The molecule has 3 heteroatoms. The smallest absolute Gasteiger partial charge is 0.222 e. The number of rotatable bonds is 5. The molecule has 0 aromatic heterocycles. The standard InChI is InChI=1S/C10H17NO2/c1-2-9(12)5-3-7-11-8-4-6-10(11)13/h2-8H2,1H3. The molecule has 0 atom stereocenters. The fraction of sp³-hybridized carbons (Fsp3) is 0.800. The third kappa shape index (κ3) is 3.17. The molecule has 1 amide bonds. The van der Waals surface area contributed by atoms with Gasteiger partial charge in [-0.25, -0.2) is 0 Å². The number of carbonyl (C=O) groups excluding carboxylic acids is 2. The normalized spacial score (nSPS) is 16.7. The number of hydrogen-bond acceptors (Lipinski definition) is 2. The lowest BCUT2D eigenvalue weighted by atomic mass is 10.2. The minimum absolute atomic E-state index is 0.254. The molecule has 1 aliphatic rings. The van der Waals surface area contributed by atoms with E-state index >= 15 is 0 Å². The van der Waals surface area contributed by atoms with E-state index in [1.807, 2.05) is 11.8 Å². The lowest BCUT2D eigenvalue weighted by molar-refractivity contribution is -0.128. The zero-order valence-electron chi connectivity index (χ0n) is 8.21. The van der Waals surface area contributed by atoms with E-state index in [2.05, 4.69) is 0 Å². The van der Waals surface area contributed by atoms with Crippen LogP contribution < -0.4 is 0 Å². The molecular weight excluding hydrogens is 166 g/mol. The molecule has 0 radical (unpaired) electrons. The highest BCUT2D eigenvalue weighted by Crippen LogP contribution is 2.10. The number of amides is 1. The van der Waals surface area contributed by atoms with Gasteiger partial charge in [-0.15, -0.1) is 0 Å². The van der Waals surface area contributed by atoms with Crippen molar-refractivity contribution < 1.29 is 9.59 Å². The van der Waals surface area contributed by atoms with Crippen LogP contribution in [0.5, 0.6) is 0 Å². The number of likely N-dealkylation sites (tertiary alicyclic amines) is 1. The SMILES string of the molecule is CCC(=O)CCCN1CCCC1=O. The molecule has 0 spiro atoms. The number of Topliss-reactive ketones (excluding diaryl/α,β-unsaturated/α-hetero) is 1. The molecule has 1 aliphatic heterocycles. The van der Waals surface area contributed by atoms with Crippen molar-refractivity contribution in [2.75, 3.05) is 13.1 Å². The van der Waals surface area contributed by atoms with Gasteiger partial charge in [-0.05, 0) is 12.8 Å². The zero-order valence-corrected chi connectivity index (χ0v) is 8.21. The Kier molecular flexibility index (Phi) is 3.93. The summed E-state index contributed by atoms with van der Waals surface area (Å²) >= 11 is 0. The predicted molar refractivity (Wildman–Crippen MR) is 50.3 cm³/mol. The Morgan fingerprint density at radius 1 is 1.54 bits per heavy atom. The van der Waals surface area contributed by atoms with Gasteiger partial charge in [0.15, 0.2) is 0 Å². The first-order chi connectivity index (χ1) is 6.24. The molecule has 3 nitrogen and oxygen atoms in total. The van der Waals surface area contributed by atoms with Gasteiger partial charge in [0.1, 0.15) is 5.78 Å². The van der Waals surface area contributed by atoms with Crippen LogP contribution >= 0.6 is 0 Å². The summed E-state index contributed by atoms with van der Waals surface area (Å²) < 4.78 is 0.